The predicted molar refractivity (Wildman–Crippen MR) is 135 cm³/mol. The molecule has 4 aromatic rings. The summed E-state index contributed by atoms with van der Waals surface area (Å²) in [6, 6.07) is 17.7. The van der Waals surface area contributed by atoms with Crippen LogP contribution in [-0.4, -0.2) is 36.7 Å². The second-order valence-corrected chi connectivity index (χ2v) is 10.5. The van der Waals surface area contributed by atoms with Gasteiger partial charge in [0.2, 0.25) is 0 Å². The first kappa shape index (κ1) is 23.6. The summed E-state index contributed by atoms with van der Waals surface area (Å²) in [6.07, 6.45) is 1.11. The van der Waals surface area contributed by atoms with E-state index in [-0.39, 0.29) is 23.1 Å². The molecule has 36 heavy (non-hydrogen) atoms. The number of fused-ring (bicyclic) bond motifs is 3. The molecule has 9 nitrogen and oxygen atoms in total. The van der Waals surface area contributed by atoms with Gasteiger partial charge < -0.3 is 15.4 Å². The van der Waals surface area contributed by atoms with Gasteiger partial charge in [-0.15, -0.1) is 0 Å². The summed E-state index contributed by atoms with van der Waals surface area (Å²) >= 11 is 6.13. The summed E-state index contributed by atoms with van der Waals surface area (Å²) in [5, 5.41) is 13.0. The molecule has 2 amide bonds. The van der Waals surface area contributed by atoms with Crippen LogP contribution in [0.5, 0.6) is 5.75 Å². The van der Waals surface area contributed by atoms with Crippen LogP contribution in [0.2, 0.25) is 5.02 Å². The van der Waals surface area contributed by atoms with Crippen LogP contribution in [0.4, 0.5) is 11.4 Å². The van der Waals surface area contributed by atoms with Crippen molar-refractivity contribution >= 4 is 44.6 Å². The lowest BCUT2D eigenvalue weighted by molar-refractivity contribution is 0.101. The zero-order valence-electron chi connectivity index (χ0n) is 18.8. The average Bonchev–Trinajstić information content (AvgIpc) is 3.29. The van der Waals surface area contributed by atoms with Crippen molar-refractivity contribution < 1.29 is 22.7 Å². The third kappa shape index (κ3) is 4.56. The molecule has 1 aliphatic rings. The molecule has 1 aliphatic heterocycles. The molecule has 2 heterocycles. The lowest BCUT2D eigenvalue weighted by Gasteiger charge is -2.18. The average molecular weight is 523 g/mol. The Morgan fingerprint density at radius 1 is 0.972 bits per heavy atom. The summed E-state index contributed by atoms with van der Waals surface area (Å²) in [7, 11) is -3.34. The van der Waals surface area contributed by atoms with Crippen molar-refractivity contribution in [1.82, 2.24) is 10.2 Å². The fourth-order valence-electron chi connectivity index (χ4n) is 3.81. The summed E-state index contributed by atoms with van der Waals surface area (Å²) in [5.74, 6) is -0.249. The van der Waals surface area contributed by atoms with Crippen molar-refractivity contribution in [1.29, 1.82) is 0 Å². The number of nitrogens with one attached hydrogen (secondary N) is 3. The van der Waals surface area contributed by atoms with Crippen LogP contribution >= 0.6 is 11.6 Å². The van der Waals surface area contributed by atoms with E-state index in [4.69, 9.17) is 16.3 Å². The molecule has 3 N–H and O–H groups in total. The van der Waals surface area contributed by atoms with Crippen molar-refractivity contribution in [3.05, 3.63) is 88.6 Å². The van der Waals surface area contributed by atoms with Gasteiger partial charge in [-0.2, -0.15) is 5.10 Å². The lowest BCUT2D eigenvalue weighted by atomic mass is 10.0. The maximum atomic E-state index is 12.9. The standard InChI is InChI=1S/C25H19ClN4O5S/c1-36(33,34)16-9-6-14(7-10-16)27-25(32)23-19-13-35-21-11-8-15(12-18(21)22(19)29-30-23)28-24(31)17-4-2-3-5-20(17)26/h2-12H,13H2,1H3,(H,27,32)(H,28,31)(H,29,30). The van der Waals surface area contributed by atoms with Gasteiger partial charge in [0.1, 0.15) is 23.7 Å². The Bertz CT molecular complexity index is 1610. The Morgan fingerprint density at radius 3 is 2.39 bits per heavy atom. The second-order valence-electron chi connectivity index (χ2n) is 8.11. The molecular formula is C25H19ClN4O5S. The zero-order valence-corrected chi connectivity index (χ0v) is 20.4. The highest BCUT2D eigenvalue weighted by Gasteiger charge is 2.27. The number of halogens is 1. The number of amides is 2. The van der Waals surface area contributed by atoms with Crippen LogP contribution in [0.1, 0.15) is 26.4 Å². The molecule has 0 unspecified atom stereocenters. The molecule has 0 radical (unpaired) electrons. The number of rotatable bonds is 5. The number of hydrogen-bond acceptors (Lipinski definition) is 6. The van der Waals surface area contributed by atoms with Gasteiger partial charge in [0.05, 0.1) is 15.5 Å². The number of aromatic amines is 1. The maximum Gasteiger partial charge on any atom is 0.274 e. The third-order valence-corrected chi connectivity index (χ3v) is 7.08. The molecule has 182 valence electrons. The summed E-state index contributed by atoms with van der Waals surface area (Å²) in [6.45, 7) is 0.125. The number of H-pyrrole nitrogens is 1. The van der Waals surface area contributed by atoms with Crippen molar-refractivity contribution in [2.24, 2.45) is 0 Å². The summed E-state index contributed by atoms with van der Waals surface area (Å²) in [5.41, 5.74) is 3.20. The van der Waals surface area contributed by atoms with E-state index in [1.54, 1.807) is 42.5 Å². The van der Waals surface area contributed by atoms with Gasteiger partial charge in [0.15, 0.2) is 9.84 Å². The largest absolute Gasteiger partial charge is 0.488 e. The monoisotopic (exact) mass is 522 g/mol. The van der Waals surface area contributed by atoms with Gasteiger partial charge in [0, 0.05) is 28.8 Å². The van der Waals surface area contributed by atoms with Crippen LogP contribution in [0.3, 0.4) is 0 Å². The lowest BCUT2D eigenvalue weighted by Crippen LogP contribution is -2.16. The highest BCUT2D eigenvalue weighted by molar-refractivity contribution is 7.90. The number of nitrogens with zero attached hydrogens (tertiary/aromatic N) is 1. The molecule has 11 heteroatoms. The minimum atomic E-state index is -3.34. The Hall–Kier alpha value is -4.15. The quantitative estimate of drug-likeness (QED) is 0.353. The fourth-order valence-corrected chi connectivity index (χ4v) is 4.66. The third-order valence-electron chi connectivity index (χ3n) is 5.62. The Morgan fingerprint density at radius 2 is 1.67 bits per heavy atom. The van der Waals surface area contributed by atoms with Gasteiger partial charge in [0.25, 0.3) is 11.8 Å². The van der Waals surface area contributed by atoms with E-state index in [9.17, 15) is 18.0 Å². The fraction of sp³-hybridized carbons (Fsp3) is 0.0800. The van der Waals surface area contributed by atoms with Crippen LogP contribution in [0, 0.1) is 0 Å². The number of carbonyl (C=O) groups is 2. The first-order valence-electron chi connectivity index (χ1n) is 10.7. The number of ether oxygens (including phenoxy) is 1. The molecule has 0 fully saturated rings. The zero-order chi connectivity index (χ0) is 25.4. The highest BCUT2D eigenvalue weighted by Crippen LogP contribution is 2.39. The van der Waals surface area contributed by atoms with E-state index in [1.807, 2.05) is 0 Å². The van der Waals surface area contributed by atoms with Gasteiger partial charge in [-0.05, 0) is 54.6 Å². The molecular weight excluding hydrogens is 504 g/mol. The first-order valence-corrected chi connectivity index (χ1v) is 13.0. The Labute approximate surface area is 211 Å². The van der Waals surface area contributed by atoms with E-state index in [0.29, 0.717) is 44.5 Å². The smallest absolute Gasteiger partial charge is 0.274 e. The van der Waals surface area contributed by atoms with Gasteiger partial charge in [-0.25, -0.2) is 8.42 Å². The van der Waals surface area contributed by atoms with E-state index in [1.165, 1.54) is 24.3 Å². The van der Waals surface area contributed by atoms with Crippen LogP contribution in [0.15, 0.2) is 71.6 Å². The molecule has 0 saturated heterocycles. The SMILES string of the molecule is CS(=O)(=O)c1ccc(NC(=O)c2[nH]nc3c2COc2ccc(NC(=O)c4ccccc4Cl)cc2-3)cc1. The number of aromatic nitrogens is 2. The van der Waals surface area contributed by atoms with Crippen molar-refractivity contribution in [2.45, 2.75) is 11.5 Å². The topological polar surface area (TPSA) is 130 Å². The van der Waals surface area contributed by atoms with Crippen LogP contribution < -0.4 is 15.4 Å². The second kappa shape index (κ2) is 9.14. The van der Waals surface area contributed by atoms with Crippen molar-refractivity contribution in [3.63, 3.8) is 0 Å². The number of sulfone groups is 1. The molecule has 3 aromatic carbocycles. The first-order chi connectivity index (χ1) is 17.2. The van der Waals surface area contributed by atoms with Crippen molar-refractivity contribution in [2.75, 3.05) is 16.9 Å². The van der Waals surface area contributed by atoms with Gasteiger partial charge in [-0.1, -0.05) is 23.7 Å². The van der Waals surface area contributed by atoms with E-state index in [2.05, 4.69) is 20.8 Å². The van der Waals surface area contributed by atoms with Gasteiger partial charge >= 0.3 is 0 Å². The minimum absolute atomic E-state index is 0.125. The number of benzene rings is 3. The van der Waals surface area contributed by atoms with Crippen LogP contribution in [0.25, 0.3) is 11.3 Å². The Kier molecular flexibility index (Phi) is 5.99. The van der Waals surface area contributed by atoms with Gasteiger partial charge in [-0.3, -0.25) is 14.7 Å². The highest BCUT2D eigenvalue weighted by atomic mass is 35.5. The minimum Gasteiger partial charge on any atom is -0.488 e. The molecule has 0 saturated carbocycles. The number of carbonyl (C=O) groups excluding carboxylic acids is 2. The predicted octanol–water partition coefficient (Wildman–Crippen LogP) is 4.53. The molecule has 5 rings (SSSR count). The molecule has 0 atom stereocenters. The Balaban J connectivity index is 1.38. The van der Waals surface area contributed by atoms with E-state index >= 15 is 0 Å². The normalized spacial score (nSPS) is 12.2. The molecule has 1 aromatic heterocycles. The maximum absolute atomic E-state index is 12.9. The number of anilines is 2. The summed E-state index contributed by atoms with van der Waals surface area (Å²) < 4.78 is 29.1. The molecule has 0 aliphatic carbocycles. The molecule has 0 bridgehead atoms. The molecule has 0 spiro atoms. The van der Waals surface area contributed by atoms with Crippen molar-refractivity contribution in [3.8, 4) is 17.0 Å². The van der Waals surface area contributed by atoms with E-state index in [0.717, 1.165) is 6.26 Å². The number of hydrogen-bond donors (Lipinski definition) is 3. The van der Waals surface area contributed by atoms with E-state index < -0.39 is 15.7 Å². The summed E-state index contributed by atoms with van der Waals surface area (Å²) in [4.78, 5) is 25.7. The van der Waals surface area contributed by atoms with Crippen LogP contribution in [-0.2, 0) is 16.4 Å².